The molecule has 0 aromatic heterocycles. The number of hydrogen-bond donors (Lipinski definition) is 1. The molecule has 16 heavy (non-hydrogen) atoms. The van der Waals surface area contributed by atoms with Crippen LogP contribution in [0.15, 0.2) is 0 Å². The quantitative estimate of drug-likeness (QED) is 0.693. The smallest absolute Gasteiger partial charge is 0.214 e. The lowest BCUT2D eigenvalue weighted by Gasteiger charge is -2.17. The lowest BCUT2D eigenvalue weighted by Crippen LogP contribution is -2.37. The van der Waals surface area contributed by atoms with Gasteiger partial charge in [0.1, 0.15) is 0 Å². The predicted octanol–water partition coefficient (Wildman–Crippen LogP) is 0.0365. The zero-order chi connectivity index (χ0) is 12.0. The minimum atomic E-state index is -2.93. The van der Waals surface area contributed by atoms with E-state index in [1.165, 1.54) is 0 Å². The third-order valence-electron chi connectivity index (χ3n) is 2.81. The van der Waals surface area contributed by atoms with Crippen LogP contribution < -0.4 is 5.32 Å². The maximum atomic E-state index is 11.5. The Balaban J connectivity index is 2.15. The normalized spacial score (nSPS) is 22.4. The van der Waals surface area contributed by atoms with Gasteiger partial charge in [0.05, 0.1) is 5.75 Å². The summed E-state index contributed by atoms with van der Waals surface area (Å²) in [4.78, 5) is 0. The summed E-state index contributed by atoms with van der Waals surface area (Å²) in [5.41, 5.74) is 0. The molecular formula is C10H22N2O3S. The third kappa shape index (κ3) is 4.37. The van der Waals surface area contributed by atoms with Crippen molar-refractivity contribution in [2.75, 3.05) is 39.1 Å². The van der Waals surface area contributed by atoms with Gasteiger partial charge in [-0.25, -0.2) is 12.7 Å². The van der Waals surface area contributed by atoms with Gasteiger partial charge in [-0.2, -0.15) is 0 Å². The maximum Gasteiger partial charge on any atom is 0.214 e. The molecule has 5 nitrogen and oxygen atoms in total. The van der Waals surface area contributed by atoms with Crippen LogP contribution in [0.2, 0.25) is 0 Å². The first-order valence-corrected chi connectivity index (χ1v) is 7.37. The molecule has 0 aromatic carbocycles. The topological polar surface area (TPSA) is 58.6 Å². The minimum Gasteiger partial charge on any atom is -0.385 e. The van der Waals surface area contributed by atoms with Crippen LogP contribution in [-0.4, -0.2) is 57.9 Å². The second kappa shape index (κ2) is 6.54. The van der Waals surface area contributed by atoms with Gasteiger partial charge in [0.2, 0.25) is 10.0 Å². The Morgan fingerprint density at radius 3 is 2.81 bits per heavy atom. The maximum absolute atomic E-state index is 11.5. The molecule has 0 saturated carbocycles. The van der Waals surface area contributed by atoms with Crippen molar-refractivity contribution in [3.63, 3.8) is 0 Å². The standard InChI is InChI=1S/C10H22N2O3S/c1-10(4-8-15-2)11-5-7-12-6-3-9-16(12,13)14/h10-11H,3-9H2,1-2H3. The third-order valence-corrected chi connectivity index (χ3v) is 4.77. The van der Waals surface area contributed by atoms with Gasteiger partial charge < -0.3 is 10.1 Å². The van der Waals surface area contributed by atoms with E-state index in [2.05, 4.69) is 12.2 Å². The van der Waals surface area contributed by atoms with Crippen LogP contribution in [0.25, 0.3) is 0 Å². The number of nitrogens with zero attached hydrogens (tertiary/aromatic N) is 1. The summed E-state index contributed by atoms with van der Waals surface area (Å²) >= 11 is 0. The monoisotopic (exact) mass is 250 g/mol. The lowest BCUT2D eigenvalue weighted by molar-refractivity contribution is 0.184. The van der Waals surface area contributed by atoms with E-state index in [4.69, 9.17) is 4.74 Å². The van der Waals surface area contributed by atoms with Crippen molar-refractivity contribution >= 4 is 10.0 Å². The summed E-state index contributed by atoms with van der Waals surface area (Å²) in [6, 6.07) is 0.366. The average molecular weight is 250 g/mol. The van der Waals surface area contributed by atoms with Crippen molar-refractivity contribution in [3.8, 4) is 0 Å². The van der Waals surface area contributed by atoms with Crippen molar-refractivity contribution in [2.45, 2.75) is 25.8 Å². The summed E-state index contributed by atoms with van der Waals surface area (Å²) in [6.07, 6.45) is 1.71. The Morgan fingerprint density at radius 2 is 2.25 bits per heavy atom. The van der Waals surface area contributed by atoms with E-state index in [1.54, 1.807) is 11.4 Å². The molecule has 1 aliphatic heterocycles. The fourth-order valence-corrected chi connectivity index (χ4v) is 3.30. The molecule has 0 aromatic rings. The molecule has 1 N–H and O–H groups in total. The van der Waals surface area contributed by atoms with Crippen LogP contribution >= 0.6 is 0 Å². The van der Waals surface area contributed by atoms with E-state index in [0.717, 1.165) is 19.4 Å². The highest BCUT2D eigenvalue weighted by Gasteiger charge is 2.27. The lowest BCUT2D eigenvalue weighted by atomic mass is 10.2. The Morgan fingerprint density at radius 1 is 1.50 bits per heavy atom. The molecule has 1 aliphatic rings. The molecule has 1 atom stereocenters. The molecule has 1 unspecified atom stereocenters. The summed E-state index contributed by atoms with van der Waals surface area (Å²) < 4.78 is 29.5. The number of sulfonamides is 1. The molecule has 1 fully saturated rings. The molecule has 6 heteroatoms. The molecule has 0 spiro atoms. The SMILES string of the molecule is COCCC(C)NCCN1CCCS1(=O)=O. The highest BCUT2D eigenvalue weighted by atomic mass is 32.2. The number of nitrogens with one attached hydrogen (secondary N) is 1. The van der Waals surface area contributed by atoms with Gasteiger partial charge in [-0.15, -0.1) is 0 Å². The summed E-state index contributed by atoms with van der Waals surface area (Å²) in [5, 5.41) is 3.30. The van der Waals surface area contributed by atoms with Crippen LogP contribution in [0.3, 0.4) is 0 Å². The van der Waals surface area contributed by atoms with Gasteiger partial charge in [-0.3, -0.25) is 0 Å². The molecular weight excluding hydrogens is 228 g/mol. The fraction of sp³-hybridized carbons (Fsp3) is 1.00. The number of hydrogen-bond acceptors (Lipinski definition) is 4. The molecule has 0 amide bonds. The number of ether oxygens (including phenoxy) is 1. The van der Waals surface area contributed by atoms with Gasteiger partial charge in [-0.1, -0.05) is 0 Å². The average Bonchev–Trinajstić information content (AvgIpc) is 2.55. The van der Waals surface area contributed by atoms with Gasteiger partial charge >= 0.3 is 0 Å². The second-order valence-electron chi connectivity index (χ2n) is 4.21. The van der Waals surface area contributed by atoms with E-state index in [0.29, 0.717) is 31.4 Å². The zero-order valence-electron chi connectivity index (χ0n) is 10.1. The van der Waals surface area contributed by atoms with Gasteiger partial charge in [0.25, 0.3) is 0 Å². The largest absolute Gasteiger partial charge is 0.385 e. The van der Waals surface area contributed by atoms with E-state index >= 15 is 0 Å². The molecule has 1 rings (SSSR count). The summed E-state index contributed by atoms with van der Waals surface area (Å²) in [6.45, 7) is 4.79. The molecule has 0 bridgehead atoms. The molecule has 0 radical (unpaired) electrons. The van der Waals surface area contributed by atoms with Crippen molar-refractivity contribution in [2.24, 2.45) is 0 Å². The van der Waals surface area contributed by atoms with Crippen molar-refractivity contribution in [1.82, 2.24) is 9.62 Å². The number of methoxy groups -OCH3 is 1. The number of rotatable bonds is 7. The molecule has 1 saturated heterocycles. The van der Waals surface area contributed by atoms with Gasteiger partial charge in [-0.05, 0) is 19.8 Å². The Labute approximate surface area is 98.2 Å². The molecule has 0 aliphatic carbocycles. The van der Waals surface area contributed by atoms with Crippen molar-refractivity contribution in [3.05, 3.63) is 0 Å². The zero-order valence-corrected chi connectivity index (χ0v) is 10.9. The summed E-state index contributed by atoms with van der Waals surface area (Å²) in [7, 11) is -1.25. The second-order valence-corrected chi connectivity index (χ2v) is 6.29. The van der Waals surface area contributed by atoms with Gasteiger partial charge in [0.15, 0.2) is 0 Å². The van der Waals surface area contributed by atoms with Crippen LogP contribution in [-0.2, 0) is 14.8 Å². The van der Waals surface area contributed by atoms with E-state index in [-0.39, 0.29) is 0 Å². The first kappa shape index (κ1) is 13.9. The Kier molecular flexibility index (Phi) is 5.68. The fourth-order valence-electron chi connectivity index (χ4n) is 1.77. The first-order chi connectivity index (χ1) is 7.56. The van der Waals surface area contributed by atoms with E-state index in [1.807, 2.05) is 0 Å². The van der Waals surface area contributed by atoms with Crippen LogP contribution in [0.5, 0.6) is 0 Å². The highest BCUT2D eigenvalue weighted by Crippen LogP contribution is 2.11. The van der Waals surface area contributed by atoms with Crippen LogP contribution in [0, 0.1) is 0 Å². The van der Waals surface area contributed by atoms with Gasteiger partial charge in [0, 0.05) is 39.4 Å². The molecule has 1 heterocycles. The van der Waals surface area contributed by atoms with Crippen LogP contribution in [0.4, 0.5) is 0 Å². The summed E-state index contributed by atoms with van der Waals surface area (Å²) in [5.74, 6) is 0.312. The predicted molar refractivity (Wildman–Crippen MR) is 63.9 cm³/mol. The Hall–Kier alpha value is -0.170. The minimum absolute atomic E-state index is 0.312. The first-order valence-electron chi connectivity index (χ1n) is 5.76. The Bertz CT molecular complexity index is 292. The van der Waals surface area contributed by atoms with E-state index in [9.17, 15) is 8.42 Å². The van der Waals surface area contributed by atoms with Crippen molar-refractivity contribution < 1.29 is 13.2 Å². The molecule has 96 valence electrons. The van der Waals surface area contributed by atoms with Crippen molar-refractivity contribution in [1.29, 1.82) is 0 Å². The highest BCUT2D eigenvalue weighted by molar-refractivity contribution is 7.89. The van der Waals surface area contributed by atoms with Crippen LogP contribution in [0.1, 0.15) is 19.8 Å². The van der Waals surface area contributed by atoms with E-state index < -0.39 is 10.0 Å².